The molecule has 0 atom stereocenters. The maximum absolute atomic E-state index is 4.55. The zero-order valence-corrected chi connectivity index (χ0v) is 10.7. The molecule has 74 valence electrons. The van der Waals surface area contributed by atoms with Gasteiger partial charge in [-0.3, -0.25) is 0 Å². The number of hydrogen-bond donors (Lipinski definition) is 0. The molecule has 0 saturated heterocycles. The van der Waals surface area contributed by atoms with E-state index >= 15 is 0 Å². The molecule has 0 N–H and O–H groups in total. The normalized spacial score (nSPS) is 11.5. The van der Waals surface area contributed by atoms with Crippen LogP contribution in [0.1, 0.15) is 31.0 Å². The summed E-state index contributed by atoms with van der Waals surface area (Å²) in [6.45, 7) is 6.49. The van der Waals surface area contributed by atoms with Crippen molar-refractivity contribution in [1.29, 1.82) is 0 Å². The molecule has 2 aromatic rings. The van der Waals surface area contributed by atoms with E-state index in [9.17, 15) is 0 Å². The topological polar surface area (TPSA) is 17.8 Å². The van der Waals surface area contributed by atoms with Crippen LogP contribution < -0.4 is 0 Å². The fraction of sp³-hybridized carbons (Fsp3) is 0.364. The van der Waals surface area contributed by atoms with Gasteiger partial charge in [-0.1, -0.05) is 32.0 Å². The second-order valence-corrected chi connectivity index (χ2v) is 4.79. The van der Waals surface area contributed by atoms with Gasteiger partial charge in [-0.2, -0.15) is 5.10 Å². The SMILES string of the molecule is Cc1cccc2c(C(C)C)nn(I)c12. The molecule has 0 fully saturated rings. The van der Waals surface area contributed by atoms with E-state index in [0.717, 1.165) is 0 Å². The zero-order valence-electron chi connectivity index (χ0n) is 8.58. The highest BCUT2D eigenvalue weighted by atomic mass is 127. The third kappa shape index (κ3) is 1.43. The molecule has 0 radical (unpaired) electrons. The fourth-order valence-electron chi connectivity index (χ4n) is 1.74. The van der Waals surface area contributed by atoms with Crippen molar-refractivity contribution >= 4 is 33.8 Å². The molecule has 0 amide bonds. The highest BCUT2D eigenvalue weighted by Crippen LogP contribution is 2.27. The zero-order chi connectivity index (χ0) is 10.3. The number of benzene rings is 1. The Morgan fingerprint density at radius 3 is 2.71 bits per heavy atom. The summed E-state index contributed by atoms with van der Waals surface area (Å²) in [6, 6.07) is 6.38. The first-order valence-electron chi connectivity index (χ1n) is 4.75. The highest BCUT2D eigenvalue weighted by Gasteiger charge is 2.12. The van der Waals surface area contributed by atoms with Gasteiger partial charge >= 0.3 is 0 Å². The van der Waals surface area contributed by atoms with Gasteiger partial charge in [0.25, 0.3) is 0 Å². The van der Waals surface area contributed by atoms with E-state index in [-0.39, 0.29) is 0 Å². The number of para-hydroxylation sites is 1. The molecule has 0 aliphatic carbocycles. The molecule has 1 aromatic heterocycles. The van der Waals surface area contributed by atoms with Crippen LogP contribution in [0.5, 0.6) is 0 Å². The molecule has 0 spiro atoms. The molecule has 0 unspecified atom stereocenters. The molecule has 0 aliphatic rings. The van der Waals surface area contributed by atoms with Crippen molar-refractivity contribution in [1.82, 2.24) is 7.99 Å². The molecule has 0 aliphatic heterocycles. The molecule has 2 nitrogen and oxygen atoms in total. The van der Waals surface area contributed by atoms with E-state index < -0.39 is 0 Å². The first-order valence-corrected chi connectivity index (χ1v) is 5.72. The van der Waals surface area contributed by atoms with Crippen molar-refractivity contribution in [3.63, 3.8) is 0 Å². The predicted octanol–water partition coefficient (Wildman–Crippen LogP) is 3.67. The smallest absolute Gasteiger partial charge is 0.0851 e. The van der Waals surface area contributed by atoms with Crippen molar-refractivity contribution in [2.45, 2.75) is 26.7 Å². The Morgan fingerprint density at radius 1 is 1.36 bits per heavy atom. The molecule has 0 bridgehead atoms. The van der Waals surface area contributed by atoms with Gasteiger partial charge < -0.3 is 0 Å². The van der Waals surface area contributed by atoms with Crippen LogP contribution in [0.15, 0.2) is 18.2 Å². The van der Waals surface area contributed by atoms with Gasteiger partial charge in [0.2, 0.25) is 0 Å². The van der Waals surface area contributed by atoms with Crippen LogP contribution >= 0.6 is 22.9 Å². The molecule has 14 heavy (non-hydrogen) atoms. The summed E-state index contributed by atoms with van der Waals surface area (Å²) in [5, 5.41) is 5.84. The van der Waals surface area contributed by atoms with Crippen molar-refractivity contribution in [3.8, 4) is 0 Å². The maximum atomic E-state index is 4.55. The van der Waals surface area contributed by atoms with Gasteiger partial charge in [-0.05, 0) is 18.4 Å². The van der Waals surface area contributed by atoms with Crippen LogP contribution in [-0.2, 0) is 0 Å². The van der Waals surface area contributed by atoms with E-state index in [4.69, 9.17) is 0 Å². The second-order valence-electron chi connectivity index (χ2n) is 3.87. The number of rotatable bonds is 1. The van der Waals surface area contributed by atoms with Gasteiger partial charge in [0, 0.05) is 5.39 Å². The number of fused-ring (bicyclic) bond motifs is 1. The summed E-state index contributed by atoms with van der Waals surface area (Å²) in [6.07, 6.45) is 0. The van der Waals surface area contributed by atoms with Crippen LogP contribution in [0.3, 0.4) is 0 Å². The third-order valence-electron chi connectivity index (χ3n) is 2.44. The second kappa shape index (κ2) is 3.53. The number of hydrogen-bond acceptors (Lipinski definition) is 1. The summed E-state index contributed by atoms with van der Waals surface area (Å²) >= 11 is 2.24. The molecule has 0 saturated carbocycles. The molecule has 2 rings (SSSR count). The molecule has 3 heteroatoms. The van der Waals surface area contributed by atoms with Crippen molar-refractivity contribution < 1.29 is 0 Å². The number of aromatic nitrogens is 2. The minimum atomic E-state index is 0.482. The molecule has 1 aromatic carbocycles. The summed E-state index contributed by atoms with van der Waals surface area (Å²) in [5.74, 6) is 0.482. The lowest BCUT2D eigenvalue weighted by molar-refractivity contribution is 0.813. The van der Waals surface area contributed by atoms with E-state index in [1.807, 2.05) is 2.90 Å². The Balaban J connectivity index is 2.84. The van der Waals surface area contributed by atoms with Crippen LogP contribution in [0, 0.1) is 6.92 Å². The average molecular weight is 300 g/mol. The average Bonchev–Trinajstić information content (AvgIpc) is 2.45. The summed E-state index contributed by atoms with van der Waals surface area (Å²) < 4.78 is 1.96. The number of halogens is 1. The van der Waals surface area contributed by atoms with E-state index in [1.54, 1.807) is 0 Å². The standard InChI is InChI=1S/C11H13IN2/c1-7(2)10-9-6-4-5-8(3)11(9)14(12)13-10/h4-7H,1-3H3. The Labute approximate surface area is 97.8 Å². The first-order chi connectivity index (χ1) is 6.61. The van der Waals surface area contributed by atoms with Gasteiger partial charge in [0.1, 0.15) is 0 Å². The van der Waals surface area contributed by atoms with Gasteiger partial charge in [-0.25, -0.2) is 2.90 Å². The van der Waals surface area contributed by atoms with Gasteiger partial charge in [-0.15, -0.1) is 0 Å². The molecule has 1 heterocycles. The number of nitrogens with zero attached hydrogens (tertiary/aromatic N) is 2. The quantitative estimate of drug-likeness (QED) is 0.735. The summed E-state index contributed by atoms with van der Waals surface area (Å²) in [5.41, 5.74) is 3.73. The first kappa shape index (κ1) is 9.96. The minimum Gasteiger partial charge on any atom is -0.203 e. The van der Waals surface area contributed by atoms with Gasteiger partial charge in [0.15, 0.2) is 0 Å². The maximum Gasteiger partial charge on any atom is 0.0851 e. The monoisotopic (exact) mass is 300 g/mol. The Bertz CT molecular complexity index is 471. The largest absolute Gasteiger partial charge is 0.203 e. The lowest BCUT2D eigenvalue weighted by Crippen LogP contribution is -1.89. The molecular formula is C11H13IN2. The predicted molar refractivity (Wildman–Crippen MR) is 68.0 cm³/mol. The van der Waals surface area contributed by atoms with Crippen molar-refractivity contribution in [2.24, 2.45) is 0 Å². The Morgan fingerprint density at radius 2 is 2.07 bits per heavy atom. The number of aryl methyl sites for hydroxylation is 1. The molecular weight excluding hydrogens is 287 g/mol. The van der Waals surface area contributed by atoms with E-state index in [2.05, 4.69) is 66.9 Å². The Hall–Kier alpha value is -0.580. The summed E-state index contributed by atoms with van der Waals surface area (Å²) in [7, 11) is 0. The fourth-order valence-corrected chi connectivity index (χ4v) is 2.61. The van der Waals surface area contributed by atoms with Gasteiger partial charge in [0.05, 0.1) is 34.1 Å². The third-order valence-corrected chi connectivity index (χ3v) is 3.14. The minimum absolute atomic E-state index is 0.482. The van der Waals surface area contributed by atoms with Crippen molar-refractivity contribution in [3.05, 3.63) is 29.5 Å². The van der Waals surface area contributed by atoms with E-state index in [1.165, 1.54) is 22.2 Å². The van der Waals surface area contributed by atoms with Crippen LogP contribution in [-0.4, -0.2) is 7.99 Å². The van der Waals surface area contributed by atoms with Crippen LogP contribution in [0.4, 0.5) is 0 Å². The lowest BCUT2D eigenvalue weighted by Gasteiger charge is -1.99. The highest BCUT2D eigenvalue weighted by molar-refractivity contribution is 14.1. The van der Waals surface area contributed by atoms with Crippen molar-refractivity contribution in [2.75, 3.05) is 0 Å². The van der Waals surface area contributed by atoms with Crippen LogP contribution in [0.25, 0.3) is 10.9 Å². The van der Waals surface area contributed by atoms with Crippen LogP contribution in [0.2, 0.25) is 0 Å². The lowest BCUT2D eigenvalue weighted by atomic mass is 10.0. The summed E-state index contributed by atoms with van der Waals surface area (Å²) in [4.78, 5) is 0. The Kier molecular flexibility index (Phi) is 2.51. The van der Waals surface area contributed by atoms with E-state index in [0.29, 0.717) is 5.92 Å².